The number of hydrogen-bond acceptors (Lipinski definition) is 4. The standard InChI is InChI=1S/C9H8Cl2FNO3S2/c1-13(2)9(17)16-8-6(11)3-5(10)4-7(8)18(12,14)15/h3-4H,1-2H3. The average Bonchev–Trinajstić information content (AvgIpc) is 2.19. The van der Waals surface area contributed by atoms with Crippen LogP contribution < -0.4 is 4.74 Å². The van der Waals surface area contributed by atoms with Crippen molar-refractivity contribution in [2.45, 2.75) is 4.90 Å². The summed E-state index contributed by atoms with van der Waals surface area (Å²) in [5, 5.41) is -0.244. The lowest BCUT2D eigenvalue weighted by atomic mass is 10.3. The van der Waals surface area contributed by atoms with Gasteiger partial charge in [-0.3, -0.25) is 0 Å². The number of rotatable bonds is 2. The van der Waals surface area contributed by atoms with E-state index >= 15 is 0 Å². The van der Waals surface area contributed by atoms with Crippen LogP contribution in [0.15, 0.2) is 17.0 Å². The van der Waals surface area contributed by atoms with E-state index < -0.39 is 15.1 Å². The van der Waals surface area contributed by atoms with Gasteiger partial charge in [0.15, 0.2) is 5.75 Å². The molecule has 18 heavy (non-hydrogen) atoms. The molecule has 0 fully saturated rings. The second-order valence-corrected chi connectivity index (χ2v) is 5.92. The van der Waals surface area contributed by atoms with Gasteiger partial charge in [-0.05, 0) is 24.4 Å². The van der Waals surface area contributed by atoms with Crippen LogP contribution in [0.4, 0.5) is 3.89 Å². The number of ether oxygens (including phenoxy) is 1. The Morgan fingerprint density at radius 2 is 1.94 bits per heavy atom. The molecule has 1 rings (SSSR count). The Kier molecular flexibility index (Phi) is 4.77. The summed E-state index contributed by atoms with van der Waals surface area (Å²) in [6.07, 6.45) is 0. The van der Waals surface area contributed by atoms with Gasteiger partial charge in [0.2, 0.25) is 0 Å². The fraction of sp³-hybridized carbons (Fsp3) is 0.222. The number of halogens is 3. The fourth-order valence-corrected chi connectivity index (χ4v) is 2.37. The van der Waals surface area contributed by atoms with Gasteiger partial charge in [0, 0.05) is 19.1 Å². The smallest absolute Gasteiger partial charge is 0.335 e. The molecule has 0 aliphatic heterocycles. The zero-order valence-corrected chi connectivity index (χ0v) is 12.4. The summed E-state index contributed by atoms with van der Waals surface area (Å²) in [7, 11) is -1.86. The Balaban J connectivity index is 3.38. The molecule has 0 heterocycles. The van der Waals surface area contributed by atoms with Crippen molar-refractivity contribution in [3.63, 3.8) is 0 Å². The van der Waals surface area contributed by atoms with Gasteiger partial charge in [-0.2, -0.15) is 8.42 Å². The first kappa shape index (κ1) is 15.4. The minimum absolute atomic E-state index is 0.0284. The highest BCUT2D eigenvalue weighted by atomic mass is 35.5. The van der Waals surface area contributed by atoms with Crippen molar-refractivity contribution >= 4 is 50.8 Å². The number of hydrogen-bond donors (Lipinski definition) is 0. The topological polar surface area (TPSA) is 46.6 Å². The second kappa shape index (κ2) is 5.56. The first-order valence-electron chi connectivity index (χ1n) is 4.45. The summed E-state index contributed by atoms with van der Waals surface area (Å²) in [5.74, 6) is -0.387. The molecule has 0 amide bonds. The van der Waals surface area contributed by atoms with Gasteiger partial charge in [-0.1, -0.05) is 23.2 Å². The third kappa shape index (κ3) is 3.68. The third-order valence-electron chi connectivity index (χ3n) is 1.79. The van der Waals surface area contributed by atoms with E-state index in [4.69, 9.17) is 40.2 Å². The van der Waals surface area contributed by atoms with Crippen molar-refractivity contribution in [3.8, 4) is 5.75 Å². The summed E-state index contributed by atoms with van der Waals surface area (Å²) in [4.78, 5) is 0.638. The second-order valence-electron chi connectivity index (χ2n) is 3.42. The van der Waals surface area contributed by atoms with Crippen molar-refractivity contribution in [2.24, 2.45) is 0 Å². The molecular weight excluding hydrogens is 324 g/mol. The van der Waals surface area contributed by atoms with E-state index in [-0.39, 0.29) is 21.0 Å². The normalized spacial score (nSPS) is 11.2. The highest BCUT2D eigenvalue weighted by Crippen LogP contribution is 2.36. The Morgan fingerprint density at radius 1 is 1.39 bits per heavy atom. The molecule has 0 N–H and O–H groups in total. The molecule has 1 aromatic carbocycles. The molecule has 0 aromatic heterocycles. The van der Waals surface area contributed by atoms with Crippen molar-refractivity contribution in [2.75, 3.05) is 14.1 Å². The van der Waals surface area contributed by atoms with Gasteiger partial charge in [0.25, 0.3) is 5.17 Å². The maximum absolute atomic E-state index is 13.1. The van der Waals surface area contributed by atoms with E-state index in [9.17, 15) is 12.3 Å². The van der Waals surface area contributed by atoms with E-state index in [2.05, 4.69) is 0 Å². The molecule has 0 aliphatic rings. The minimum atomic E-state index is -5.02. The molecule has 0 saturated heterocycles. The van der Waals surface area contributed by atoms with Crippen LogP contribution in [-0.4, -0.2) is 32.6 Å². The van der Waals surface area contributed by atoms with Gasteiger partial charge in [0.05, 0.1) is 5.02 Å². The predicted octanol–water partition coefficient (Wildman–Crippen LogP) is 2.88. The minimum Gasteiger partial charge on any atom is -0.429 e. The van der Waals surface area contributed by atoms with E-state index in [1.54, 1.807) is 14.1 Å². The Hall–Kier alpha value is -0.630. The van der Waals surface area contributed by atoms with Crippen molar-refractivity contribution in [1.82, 2.24) is 4.90 Å². The predicted molar refractivity (Wildman–Crippen MR) is 71.7 cm³/mol. The quantitative estimate of drug-likeness (QED) is 0.616. The van der Waals surface area contributed by atoms with Gasteiger partial charge >= 0.3 is 10.2 Å². The van der Waals surface area contributed by atoms with Crippen LogP contribution >= 0.6 is 35.4 Å². The molecule has 0 radical (unpaired) electrons. The van der Waals surface area contributed by atoms with Crippen molar-refractivity contribution in [3.05, 3.63) is 22.2 Å². The summed E-state index contributed by atoms with van der Waals surface area (Å²) in [6.45, 7) is 0. The zero-order chi connectivity index (χ0) is 14.1. The number of benzene rings is 1. The van der Waals surface area contributed by atoms with E-state index in [0.717, 1.165) is 6.07 Å². The lowest BCUT2D eigenvalue weighted by Crippen LogP contribution is -2.25. The van der Waals surface area contributed by atoms with Crippen LogP contribution in [0.2, 0.25) is 10.0 Å². The lowest BCUT2D eigenvalue weighted by molar-refractivity contribution is 0.439. The molecule has 0 bridgehead atoms. The maximum Gasteiger partial charge on any atom is 0.335 e. The molecule has 0 spiro atoms. The maximum atomic E-state index is 13.1. The van der Waals surface area contributed by atoms with Crippen molar-refractivity contribution < 1.29 is 17.0 Å². The molecule has 100 valence electrons. The largest absolute Gasteiger partial charge is 0.429 e. The van der Waals surface area contributed by atoms with Crippen LogP contribution in [0.1, 0.15) is 0 Å². The average molecular weight is 332 g/mol. The third-order valence-corrected chi connectivity index (χ3v) is 3.57. The summed E-state index contributed by atoms with van der Waals surface area (Å²) in [5.41, 5.74) is 0. The van der Waals surface area contributed by atoms with Crippen molar-refractivity contribution in [1.29, 1.82) is 0 Å². The Bertz CT molecular complexity index is 590. The summed E-state index contributed by atoms with van der Waals surface area (Å²) in [6, 6.07) is 2.13. The summed E-state index contributed by atoms with van der Waals surface area (Å²) >= 11 is 16.2. The first-order valence-corrected chi connectivity index (χ1v) is 7.00. The Labute approximate surface area is 119 Å². The molecule has 4 nitrogen and oxygen atoms in total. The van der Waals surface area contributed by atoms with Crippen LogP contribution in [0.5, 0.6) is 5.75 Å². The summed E-state index contributed by atoms with van der Waals surface area (Å²) < 4.78 is 40.2. The van der Waals surface area contributed by atoms with Crippen LogP contribution in [0, 0.1) is 0 Å². The molecule has 0 atom stereocenters. The highest BCUT2D eigenvalue weighted by molar-refractivity contribution is 7.86. The van der Waals surface area contributed by atoms with E-state index in [1.807, 2.05) is 0 Å². The van der Waals surface area contributed by atoms with E-state index in [1.165, 1.54) is 11.0 Å². The van der Waals surface area contributed by atoms with E-state index in [0.29, 0.717) is 0 Å². The van der Waals surface area contributed by atoms with Gasteiger partial charge in [0.1, 0.15) is 4.90 Å². The lowest BCUT2D eigenvalue weighted by Gasteiger charge is -2.16. The van der Waals surface area contributed by atoms with Gasteiger partial charge in [-0.15, -0.1) is 3.89 Å². The Morgan fingerprint density at radius 3 is 2.39 bits per heavy atom. The van der Waals surface area contributed by atoms with Gasteiger partial charge < -0.3 is 9.64 Å². The van der Waals surface area contributed by atoms with Crippen LogP contribution in [0.25, 0.3) is 0 Å². The number of nitrogens with zero attached hydrogens (tertiary/aromatic N) is 1. The zero-order valence-electron chi connectivity index (χ0n) is 9.28. The van der Waals surface area contributed by atoms with Crippen LogP contribution in [0.3, 0.4) is 0 Å². The monoisotopic (exact) mass is 331 g/mol. The first-order chi connectivity index (χ1) is 8.12. The molecule has 0 aliphatic carbocycles. The molecule has 0 saturated carbocycles. The molecule has 1 aromatic rings. The molecular formula is C9H8Cl2FNO3S2. The highest BCUT2D eigenvalue weighted by Gasteiger charge is 2.24. The SMILES string of the molecule is CN(C)C(=S)Oc1c(Cl)cc(Cl)cc1S(=O)(=O)F. The van der Waals surface area contributed by atoms with Crippen LogP contribution in [-0.2, 0) is 10.2 Å². The van der Waals surface area contributed by atoms with Gasteiger partial charge in [-0.25, -0.2) is 0 Å². The molecule has 9 heteroatoms. The number of thiocarbonyl (C=S) groups is 1. The molecule has 0 unspecified atom stereocenters. The fourth-order valence-electron chi connectivity index (χ4n) is 0.996.